The summed E-state index contributed by atoms with van der Waals surface area (Å²) in [4.78, 5) is 14.8. The van der Waals surface area contributed by atoms with Crippen LogP contribution in [0.15, 0.2) is 22.4 Å². The van der Waals surface area contributed by atoms with E-state index < -0.39 is 0 Å². The van der Waals surface area contributed by atoms with Crippen molar-refractivity contribution in [1.82, 2.24) is 9.97 Å². The molecule has 2 rings (SSSR count). The molecule has 0 radical (unpaired) electrons. The fraction of sp³-hybridized carbons (Fsp3) is 0. The predicted octanol–water partition coefficient (Wildman–Crippen LogP) is -1.16. The third-order valence-electron chi connectivity index (χ3n) is 1.72. The van der Waals surface area contributed by atoms with Crippen molar-refractivity contribution >= 4 is 0 Å². The molecule has 6 heteroatoms. The quantitative estimate of drug-likeness (QED) is 0.480. The fourth-order valence-corrected chi connectivity index (χ4v) is 1.16. The molecule has 0 atom stereocenters. The normalized spacial score (nSPS) is 13.0. The standard InChI is InChI=1S/C8H2N6/c9-3-13-7-5-1-11-8(14-4-10)6(5)2-12-7/h1-2H/b13-7+,14-8+. The van der Waals surface area contributed by atoms with Gasteiger partial charge in [-0.3, -0.25) is 0 Å². The Kier molecular flexibility index (Phi) is 1.74. The van der Waals surface area contributed by atoms with Crippen LogP contribution in [0.4, 0.5) is 0 Å². The molecule has 0 aliphatic carbocycles. The molecule has 0 amide bonds. The van der Waals surface area contributed by atoms with Crippen LogP contribution in [0.1, 0.15) is 0 Å². The Morgan fingerprint density at radius 3 is 1.71 bits per heavy atom. The molecular formula is C8H2N6. The lowest BCUT2D eigenvalue weighted by Gasteiger charge is -1.67. The Morgan fingerprint density at radius 2 is 1.36 bits per heavy atom. The second-order valence-electron chi connectivity index (χ2n) is 2.41. The van der Waals surface area contributed by atoms with Gasteiger partial charge in [-0.1, -0.05) is 0 Å². The fourth-order valence-electron chi connectivity index (χ4n) is 1.16. The van der Waals surface area contributed by atoms with Crippen molar-refractivity contribution in [3.05, 3.63) is 33.8 Å². The molecule has 6 nitrogen and oxygen atoms in total. The van der Waals surface area contributed by atoms with E-state index in [0.717, 1.165) is 0 Å². The van der Waals surface area contributed by atoms with E-state index in [9.17, 15) is 0 Å². The number of rotatable bonds is 0. The van der Waals surface area contributed by atoms with Crippen molar-refractivity contribution in [3.8, 4) is 12.4 Å². The van der Waals surface area contributed by atoms with Crippen LogP contribution >= 0.6 is 0 Å². The van der Waals surface area contributed by atoms with Gasteiger partial charge in [-0.25, -0.2) is 9.97 Å². The SMILES string of the molecule is N#C/N=c1/ncc2c(=N\C#N)/ncc1=2. The van der Waals surface area contributed by atoms with E-state index in [1.165, 1.54) is 12.4 Å². The summed E-state index contributed by atoms with van der Waals surface area (Å²) in [6.45, 7) is 0. The van der Waals surface area contributed by atoms with Crippen LogP contribution in [-0.2, 0) is 0 Å². The van der Waals surface area contributed by atoms with Gasteiger partial charge >= 0.3 is 0 Å². The maximum absolute atomic E-state index is 8.35. The summed E-state index contributed by atoms with van der Waals surface area (Å²) in [5, 5.41) is 18.0. The topological polar surface area (TPSA) is 98.1 Å². The van der Waals surface area contributed by atoms with E-state index in [4.69, 9.17) is 10.5 Å². The van der Waals surface area contributed by atoms with Gasteiger partial charge in [0.25, 0.3) is 0 Å². The molecule has 0 aromatic rings. The Balaban J connectivity index is 2.98. The van der Waals surface area contributed by atoms with Crippen LogP contribution in [0, 0.1) is 33.3 Å². The van der Waals surface area contributed by atoms with E-state index in [1.807, 2.05) is 0 Å². The van der Waals surface area contributed by atoms with Gasteiger partial charge in [-0.15, -0.1) is 0 Å². The second kappa shape index (κ2) is 3.04. The van der Waals surface area contributed by atoms with Crippen LogP contribution in [0.2, 0.25) is 0 Å². The summed E-state index contributed by atoms with van der Waals surface area (Å²) in [6, 6.07) is 0. The highest BCUT2D eigenvalue weighted by Crippen LogP contribution is 1.84. The zero-order valence-electron chi connectivity index (χ0n) is 6.84. The second-order valence-corrected chi connectivity index (χ2v) is 2.41. The first-order valence-corrected chi connectivity index (χ1v) is 3.63. The van der Waals surface area contributed by atoms with Gasteiger partial charge in [-0.2, -0.15) is 20.5 Å². The van der Waals surface area contributed by atoms with Gasteiger partial charge in [0.05, 0.1) is 10.4 Å². The maximum Gasteiger partial charge on any atom is 0.207 e. The van der Waals surface area contributed by atoms with E-state index in [-0.39, 0.29) is 0 Å². The molecule has 0 spiro atoms. The number of hydrogen-bond acceptors (Lipinski definition) is 6. The van der Waals surface area contributed by atoms with Crippen LogP contribution in [0.25, 0.3) is 0 Å². The minimum absolute atomic E-state index is 0.314. The first kappa shape index (κ1) is 8.02. The minimum atomic E-state index is 0.314. The first-order valence-electron chi connectivity index (χ1n) is 3.63. The van der Waals surface area contributed by atoms with E-state index in [2.05, 4.69) is 20.0 Å². The summed E-state index contributed by atoms with van der Waals surface area (Å²) in [5.74, 6) is 0. The molecule has 14 heavy (non-hydrogen) atoms. The van der Waals surface area contributed by atoms with Gasteiger partial charge < -0.3 is 0 Å². The average Bonchev–Trinajstić information content (AvgIpc) is 2.72. The average molecular weight is 182 g/mol. The summed E-state index contributed by atoms with van der Waals surface area (Å²) >= 11 is 0. The Hall–Kier alpha value is -2.60. The molecule has 0 N–H and O–H groups in total. The molecule has 2 aliphatic heterocycles. The molecule has 0 saturated carbocycles. The number of hydrogen-bond donors (Lipinski definition) is 0. The smallest absolute Gasteiger partial charge is 0.207 e. The third-order valence-corrected chi connectivity index (χ3v) is 1.72. The highest BCUT2D eigenvalue weighted by atomic mass is 14.9. The summed E-state index contributed by atoms with van der Waals surface area (Å²) in [6.07, 6.45) is 6.27. The highest BCUT2D eigenvalue weighted by Gasteiger charge is 1.99. The highest BCUT2D eigenvalue weighted by molar-refractivity contribution is 5.07. The number of aromatic nitrogens is 2. The molecule has 0 fully saturated rings. The van der Waals surface area contributed by atoms with Crippen molar-refractivity contribution < 1.29 is 0 Å². The van der Waals surface area contributed by atoms with Crippen LogP contribution in [-0.4, -0.2) is 9.97 Å². The van der Waals surface area contributed by atoms with Crippen molar-refractivity contribution in [3.63, 3.8) is 0 Å². The summed E-state index contributed by atoms with van der Waals surface area (Å²) in [7, 11) is 0. The lowest BCUT2D eigenvalue weighted by atomic mass is 10.4. The van der Waals surface area contributed by atoms with Gasteiger partial charge in [0.2, 0.25) is 12.4 Å². The van der Waals surface area contributed by atoms with Crippen LogP contribution in [0.3, 0.4) is 0 Å². The monoisotopic (exact) mass is 182 g/mol. The van der Waals surface area contributed by atoms with E-state index >= 15 is 0 Å². The molecule has 0 saturated heterocycles. The van der Waals surface area contributed by atoms with Gasteiger partial charge in [0.1, 0.15) is 0 Å². The Bertz CT molecular complexity index is 641. The van der Waals surface area contributed by atoms with Crippen LogP contribution in [0.5, 0.6) is 0 Å². The first-order chi connectivity index (χ1) is 6.86. The largest absolute Gasteiger partial charge is 0.235 e. The van der Waals surface area contributed by atoms with Gasteiger partial charge in [0, 0.05) is 12.4 Å². The van der Waals surface area contributed by atoms with Crippen molar-refractivity contribution in [1.29, 1.82) is 10.5 Å². The Morgan fingerprint density at radius 1 is 0.929 bits per heavy atom. The van der Waals surface area contributed by atoms with Crippen LogP contribution < -0.4 is 11.0 Å². The predicted molar refractivity (Wildman–Crippen MR) is 42.1 cm³/mol. The zero-order valence-corrected chi connectivity index (χ0v) is 6.84. The molecule has 64 valence electrons. The third kappa shape index (κ3) is 1.03. The summed E-state index contributed by atoms with van der Waals surface area (Å²) in [5.41, 5.74) is 0.628. The number of nitrogens with zero attached hydrogens (tertiary/aromatic N) is 6. The minimum Gasteiger partial charge on any atom is -0.235 e. The van der Waals surface area contributed by atoms with E-state index in [0.29, 0.717) is 21.4 Å². The van der Waals surface area contributed by atoms with Crippen molar-refractivity contribution in [2.24, 2.45) is 9.98 Å². The molecule has 2 aliphatic rings. The molecule has 0 bridgehead atoms. The molecule has 0 aromatic carbocycles. The van der Waals surface area contributed by atoms with Crippen molar-refractivity contribution in [2.75, 3.05) is 0 Å². The Labute approximate surface area is 77.5 Å². The lowest BCUT2D eigenvalue weighted by Crippen LogP contribution is -2.01. The van der Waals surface area contributed by atoms with E-state index in [1.54, 1.807) is 12.4 Å². The van der Waals surface area contributed by atoms with Gasteiger partial charge in [0.15, 0.2) is 11.0 Å². The molecular weight excluding hydrogens is 180 g/mol. The lowest BCUT2D eigenvalue weighted by molar-refractivity contribution is 1.13. The van der Waals surface area contributed by atoms with Crippen molar-refractivity contribution in [2.45, 2.75) is 0 Å². The molecule has 0 aromatic heterocycles. The summed E-state index contributed by atoms with van der Waals surface area (Å²) < 4.78 is 0. The van der Waals surface area contributed by atoms with Gasteiger partial charge in [-0.05, 0) is 0 Å². The number of nitriles is 2. The molecule has 0 unspecified atom stereocenters. The maximum atomic E-state index is 8.35. The zero-order chi connectivity index (χ0) is 9.97. The molecule has 2 heterocycles.